The fourth-order valence-corrected chi connectivity index (χ4v) is 2.32. The van der Waals surface area contributed by atoms with E-state index in [4.69, 9.17) is 9.47 Å². The van der Waals surface area contributed by atoms with Gasteiger partial charge in [0.2, 0.25) is 0 Å². The van der Waals surface area contributed by atoms with Crippen LogP contribution >= 0.6 is 0 Å². The van der Waals surface area contributed by atoms with Crippen LogP contribution in [0.15, 0.2) is 47.5 Å². The molecule has 2 rings (SSSR count). The first-order chi connectivity index (χ1) is 12.2. The summed E-state index contributed by atoms with van der Waals surface area (Å²) in [6, 6.07) is 12.4. The van der Waals surface area contributed by atoms with Crippen LogP contribution in [0.3, 0.4) is 0 Å². The first kappa shape index (κ1) is 18.6. The Hall–Kier alpha value is -2.76. The van der Waals surface area contributed by atoms with Crippen molar-refractivity contribution in [3.05, 3.63) is 59.4 Å². The molecule has 25 heavy (non-hydrogen) atoms. The lowest BCUT2D eigenvalue weighted by molar-refractivity contribution is 0.310. The molecule has 0 amide bonds. The lowest BCUT2D eigenvalue weighted by atomic mass is 10.2. The molecular formula is C19H24FN3O2. The SMILES string of the molecule is CCOc1ccc(CNC(=NC)NCc2ccccc2F)cc1OC. The van der Waals surface area contributed by atoms with Crippen molar-refractivity contribution in [2.24, 2.45) is 4.99 Å². The van der Waals surface area contributed by atoms with Gasteiger partial charge in [0, 0.05) is 25.7 Å². The van der Waals surface area contributed by atoms with Crippen molar-refractivity contribution in [1.29, 1.82) is 0 Å². The molecule has 0 saturated carbocycles. The lowest BCUT2D eigenvalue weighted by Gasteiger charge is -2.14. The summed E-state index contributed by atoms with van der Waals surface area (Å²) in [6.45, 7) is 3.43. The zero-order valence-corrected chi connectivity index (χ0v) is 14.8. The molecule has 0 radical (unpaired) electrons. The van der Waals surface area contributed by atoms with Crippen LogP contribution in [0.1, 0.15) is 18.1 Å². The summed E-state index contributed by atoms with van der Waals surface area (Å²) in [5.74, 6) is 1.77. The molecule has 2 aromatic carbocycles. The van der Waals surface area contributed by atoms with Crippen molar-refractivity contribution in [1.82, 2.24) is 10.6 Å². The van der Waals surface area contributed by atoms with E-state index in [2.05, 4.69) is 15.6 Å². The van der Waals surface area contributed by atoms with Crippen LogP contribution in [0.5, 0.6) is 11.5 Å². The number of hydrogen-bond acceptors (Lipinski definition) is 3. The van der Waals surface area contributed by atoms with Gasteiger partial charge in [0.05, 0.1) is 13.7 Å². The zero-order chi connectivity index (χ0) is 18.1. The lowest BCUT2D eigenvalue weighted by Crippen LogP contribution is -2.36. The summed E-state index contributed by atoms with van der Waals surface area (Å²) in [5, 5.41) is 6.30. The summed E-state index contributed by atoms with van der Waals surface area (Å²) >= 11 is 0. The minimum absolute atomic E-state index is 0.235. The molecule has 134 valence electrons. The first-order valence-electron chi connectivity index (χ1n) is 8.15. The Labute approximate surface area is 147 Å². The van der Waals surface area contributed by atoms with Gasteiger partial charge in [-0.15, -0.1) is 0 Å². The van der Waals surface area contributed by atoms with Crippen LogP contribution in [0.4, 0.5) is 4.39 Å². The van der Waals surface area contributed by atoms with E-state index in [0.717, 1.165) is 11.3 Å². The smallest absolute Gasteiger partial charge is 0.191 e. The Bertz CT molecular complexity index is 720. The number of methoxy groups -OCH3 is 1. The van der Waals surface area contributed by atoms with Gasteiger partial charge in [0.1, 0.15) is 5.82 Å². The summed E-state index contributed by atoms with van der Waals surface area (Å²) in [7, 11) is 3.29. The highest BCUT2D eigenvalue weighted by molar-refractivity contribution is 5.79. The van der Waals surface area contributed by atoms with Gasteiger partial charge in [-0.2, -0.15) is 0 Å². The predicted octanol–water partition coefficient (Wildman–Crippen LogP) is 3.10. The molecule has 0 fully saturated rings. The predicted molar refractivity (Wildman–Crippen MR) is 97.6 cm³/mol. The molecular weight excluding hydrogens is 321 g/mol. The van der Waals surface area contributed by atoms with Crippen molar-refractivity contribution in [3.63, 3.8) is 0 Å². The third kappa shape index (κ3) is 5.38. The number of aliphatic imine (C=N–C) groups is 1. The molecule has 0 bridgehead atoms. The van der Waals surface area contributed by atoms with E-state index in [9.17, 15) is 4.39 Å². The van der Waals surface area contributed by atoms with Crippen molar-refractivity contribution in [2.75, 3.05) is 20.8 Å². The number of hydrogen-bond donors (Lipinski definition) is 2. The molecule has 0 aromatic heterocycles. The number of ether oxygens (including phenoxy) is 2. The second-order valence-electron chi connectivity index (χ2n) is 5.29. The molecule has 0 heterocycles. The molecule has 0 aliphatic carbocycles. The molecule has 0 aliphatic rings. The molecule has 0 unspecified atom stereocenters. The maximum Gasteiger partial charge on any atom is 0.191 e. The molecule has 0 saturated heterocycles. The van der Waals surface area contributed by atoms with Crippen molar-refractivity contribution in [2.45, 2.75) is 20.0 Å². The average Bonchev–Trinajstić information content (AvgIpc) is 2.64. The van der Waals surface area contributed by atoms with Gasteiger partial charge in [-0.1, -0.05) is 24.3 Å². The van der Waals surface area contributed by atoms with Gasteiger partial charge < -0.3 is 20.1 Å². The number of rotatable bonds is 7. The minimum atomic E-state index is -0.235. The normalized spacial score (nSPS) is 11.1. The number of nitrogens with one attached hydrogen (secondary N) is 2. The maximum atomic E-state index is 13.7. The van der Waals surface area contributed by atoms with E-state index < -0.39 is 0 Å². The van der Waals surface area contributed by atoms with Crippen LogP contribution in [-0.4, -0.2) is 26.7 Å². The fraction of sp³-hybridized carbons (Fsp3) is 0.316. The van der Waals surface area contributed by atoms with Crippen LogP contribution < -0.4 is 20.1 Å². The zero-order valence-electron chi connectivity index (χ0n) is 14.8. The fourth-order valence-electron chi connectivity index (χ4n) is 2.32. The molecule has 6 heteroatoms. The highest BCUT2D eigenvalue weighted by atomic mass is 19.1. The molecule has 0 atom stereocenters. The van der Waals surface area contributed by atoms with Crippen LogP contribution in [0, 0.1) is 5.82 Å². The van der Waals surface area contributed by atoms with Crippen LogP contribution in [-0.2, 0) is 13.1 Å². The Morgan fingerprint density at radius 3 is 2.52 bits per heavy atom. The summed E-state index contributed by atoms with van der Waals surface area (Å²) in [4.78, 5) is 4.15. The molecule has 2 aromatic rings. The number of guanidine groups is 1. The largest absolute Gasteiger partial charge is 0.493 e. The minimum Gasteiger partial charge on any atom is -0.493 e. The Morgan fingerprint density at radius 2 is 1.84 bits per heavy atom. The standard InChI is InChI=1S/C19H24FN3O2/c1-4-25-17-10-9-14(11-18(17)24-3)12-22-19(21-2)23-13-15-7-5-6-8-16(15)20/h5-11H,4,12-13H2,1-3H3,(H2,21,22,23). The second-order valence-corrected chi connectivity index (χ2v) is 5.29. The Morgan fingerprint density at radius 1 is 1.08 bits per heavy atom. The Kier molecular flexibility index (Phi) is 7.07. The van der Waals surface area contributed by atoms with E-state index in [0.29, 0.717) is 37.0 Å². The van der Waals surface area contributed by atoms with E-state index in [-0.39, 0.29) is 5.82 Å². The Balaban J connectivity index is 1.93. The highest BCUT2D eigenvalue weighted by Crippen LogP contribution is 2.27. The molecule has 0 aliphatic heterocycles. The summed E-state index contributed by atoms with van der Waals surface area (Å²) in [5.41, 5.74) is 1.61. The topological polar surface area (TPSA) is 54.9 Å². The first-order valence-corrected chi connectivity index (χ1v) is 8.15. The average molecular weight is 345 g/mol. The molecule has 0 spiro atoms. The quantitative estimate of drug-likeness (QED) is 0.598. The van der Waals surface area contributed by atoms with Crippen LogP contribution in [0.2, 0.25) is 0 Å². The number of nitrogens with zero attached hydrogens (tertiary/aromatic N) is 1. The number of halogens is 1. The molecule has 5 nitrogen and oxygen atoms in total. The van der Waals surface area contributed by atoms with Gasteiger partial charge >= 0.3 is 0 Å². The van der Waals surface area contributed by atoms with E-state index in [1.165, 1.54) is 6.07 Å². The van der Waals surface area contributed by atoms with E-state index in [1.807, 2.05) is 31.2 Å². The van der Waals surface area contributed by atoms with Crippen molar-refractivity contribution in [3.8, 4) is 11.5 Å². The van der Waals surface area contributed by atoms with Gasteiger partial charge in [0.15, 0.2) is 17.5 Å². The maximum absolute atomic E-state index is 13.7. The van der Waals surface area contributed by atoms with Gasteiger partial charge in [-0.05, 0) is 30.7 Å². The van der Waals surface area contributed by atoms with Gasteiger partial charge in [-0.3, -0.25) is 4.99 Å². The van der Waals surface area contributed by atoms with E-state index in [1.54, 1.807) is 26.3 Å². The van der Waals surface area contributed by atoms with Gasteiger partial charge in [0.25, 0.3) is 0 Å². The third-order valence-corrected chi connectivity index (χ3v) is 3.62. The monoisotopic (exact) mass is 345 g/mol. The second kappa shape index (κ2) is 9.52. The van der Waals surface area contributed by atoms with Crippen molar-refractivity contribution >= 4 is 5.96 Å². The number of benzene rings is 2. The van der Waals surface area contributed by atoms with E-state index >= 15 is 0 Å². The summed E-state index contributed by atoms with van der Waals surface area (Å²) in [6.07, 6.45) is 0. The van der Waals surface area contributed by atoms with Crippen LogP contribution in [0.25, 0.3) is 0 Å². The summed E-state index contributed by atoms with van der Waals surface area (Å²) < 4.78 is 24.5. The third-order valence-electron chi connectivity index (χ3n) is 3.62. The molecule has 2 N–H and O–H groups in total. The van der Waals surface area contributed by atoms with Gasteiger partial charge in [-0.25, -0.2) is 4.39 Å². The van der Waals surface area contributed by atoms with Crippen molar-refractivity contribution < 1.29 is 13.9 Å². The highest BCUT2D eigenvalue weighted by Gasteiger charge is 2.07.